The van der Waals surface area contributed by atoms with Crippen LogP contribution in [0.5, 0.6) is 5.75 Å². The number of hydrogen-bond donors (Lipinski definition) is 1. The molecule has 0 unspecified atom stereocenters. The standard InChI is InChI=1S/C13H18FNO2/c1-3-5-6-13(16)15-10-7-8-12(17-4-2)11(14)9-10/h7-9H,3-6H2,1-2H3,(H,15,16). The van der Waals surface area contributed by atoms with E-state index < -0.39 is 5.82 Å². The van der Waals surface area contributed by atoms with E-state index in [2.05, 4.69) is 5.32 Å². The van der Waals surface area contributed by atoms with Crippen LogP contribution in [-0.2, 0) is 4.79 Å². The molecule has 0 bridgehead atoms. The molecule has 0 radical (unpaired) electrons. The molecule has 0 aromatic heterocycles. The zero-order valence-electron chi connectivity index (χ0n) is 10.3. The van der Waals surface area contributed by atoms with Gasteiger partial charge in [0.25, 0.3) is 0 Å². The van der Waals surface area contributed by atoms with Gasteiger partial charge >= 0.3 is 0 Å². The summed E-state index contributed by atoms with van der Waals surface area (Å²) in [7, 11) is 0. The summed E-state index contributed by atoms with van der Waals surface area (Å²) in [5, 5.41) is 2.65. The maximum Gasteiger partial charge on any atom is 0.224 e. The molecule has 0 spiro atoms. The van der Waals surface area contributed by atoms with Crippen molar-refractivity contribution in [2.45, 2.75) is 33.1 Å². The van der Waals surface area contributed by atoms with Crippen molar-refractivity contribution in [3.05, 3.63) is 24.0 Å². The normalized spacial score (nSPS) is 10.1. The molecule has 1 rings (SSSR count). The number of halogens is 1. The van der Waals surface area contributed by atoms with Gasteiger partial charge in [-0.05, 0) is 25.5 Å². The van der Waals surface area contributed by atoms with Gasteiger partial charge in [0.05, 0.1) is 6.61 Å². The van der Waals surface area contributed by atoms with Crippen molar-refractivity contribution in [2.75, 3.05) is 11.9 Å². The van der Waals surface area contributed by atoms with E-state index in [1.165, 1.54) is 12.1 Å². The van der Waals surface area contributed by atoms with Crippen LogP contribution < -0.4 is 10.1 Å². The van der Waals surface area contributed by atoms with Gasteiger partial charge in [-0.3, -0.25) is 4.79 Å². The van der Waals surface area contributed by atoms with E-state index >= 15 is 0 Å². The Kier molecular flexibility index (Phi) is 5.46. The largest absolute Gasteiger partial charge is 0.491 e. The molecular weight excluding hydrogens is 221 g/mol. The molecule has 0 saturated carbocycles. The molecule has 3 nitrogen and oxygen atoms in total. The second kappa shape index (κ2) is 6.89. The first-order valence-electron chi connectivity index (χ1n) is 5.89. The molecule has 94 valence electrons. The Labute approximate surface area is 101 Å². The lowest BCUT2D eigenvalue weighted by Gasteiger charge is -2.08. The van der Waals surface area contributed by atoms with Gasteiger partial charge in [0.2, 0.25) is 5.91 Å². The van der Waals surface area contributed by atoms with Crippen molar-refractivity contribution >= 4 is 11.6 Å². The first-order chi connectivity index (χ1) is 8.17. The summed E-state index contributed by atoms with van der Waals surface area (Å²) < 4.78 is 18.5. The number of anilines is 1. The maximum atomic E-state index is 13.5. The lowest BCUT2D eigenvalue weighted by Crippen LogP contribution is -2.11. The molecule has 0 atom stereocenters. The molecule has 0 heterocycles. The van der Waals surface area contributed by atoms with Crippen molar-refractivity contribution < 1.29 is 13.9 Å². The molecule has 0 aliphatic carbocycles. The van der Waals surface area contributed by atoms with Crippen molar-refractivity contribution in [2.24, 2.45) is 0 Å². The Morgan fingerprint density at radius 3 is 2.76 bits per heavy atom. The molecule has 0 fully saturated rings. The molecular formula is C13H18FNO2. The zero-order valence-corrected chi connectivity index (χ0v) is 10.3. The zero-order chi connectivity index (χ0) is 12.7. The number of unbranched alkanes of at least 4 members (excludes halogenated alkanes) is 1. The third-order valence-electron chi connectivity index (χ3n) is 2.27. The average molecular weight is 239 g/mol. The minimum atomic E-state index is -0.458. The van der Waals surface area contributed by atoms with Crippen LogP contribution in [0.4, 0.5) is 10.1 Å². The predicted molar refractivity (Wildman–Crippen MR) is 65.7 cm³/mol. The molecule has 4 heteroatoms. The van der Waals surface area contributed by atoms with E-state index in [1.54, 1.807) is 13.0 Å². The van der Waals surface area contributed by atoms with Crippen molar-refractivity contribution in [1.82, 2.24) is 0 Å². The number of carbonyl (C=O) groups is 1. The van der Waals surface area contributed by atoms with Gasteiger partial charge in [0.15, 0.2) is 11.6 Å². The number of amides is 1. The molecule has 17 heavy (non-hydrogen) atoms. The fourth-order valence-electron chi connectivity index (χ4n) is 1.41. The number of hydrogen-bond acceptors (Lipinski definition) is 2. The minimum absolute atomic E-state index is 0.0876. The van der Waals surface area contributed by atoms with Crippen LogP contribution in [0.25, 0.3) is 0 Å². The number of rotatable bonds is 6. The maximum absolute atomic E-state index is 13.5. The monoisotopic (exact) mass is 239 g/mol. The minimum Gasteiger partial charge on any atom is -0.491 e. The fraction of sp³-hybridized carbons (Fsp3) is 0.462. The van der Waals surface area contributed by atoms with Gasteiger partial charge in [0, 0.05) is 18.2 Å². The smallest absolute Gasteiger partial charge is 0.224 e. The third-order valence-corrected chi connectivity index (χ3v) is 2.27. The van der Waals surface area contributed by atoms with E-state index in [-0.39, 0.29) is 11.7 Å². The molecule has 0 aliphatic rings. The van der Waals surface area contributed by atoms with Gasteiger partial charge in [-0.1, -0.05) is 13.3 Å². The van der Waals surface area contributed by atoms with Crippen molar-refractivity contribution in [3.8, 4) is 5.75 Å². The summed E-state index contributed by atoms with van der Waals surface area (Å²) in [6.45, 7) is 4.23. The number of carbonyl (C=O) groups excluding carboxylic acids is 1. The Hall–Kier alpha value is -1.58. The fourth-order valence-corrected chi connectivity index (χ4v) is 1.41. The van der Waals surface area contributed by atoms with Gasteiger partial charge < -0.3 is 10.1 Å². The average Bonchev–Trinajstić information content (AvgIpc) is 2.30. The van der Waals surface area contributed by atoms with E-state index in [0.717, 1.165) is 12.8 Å². The highest BCUT2D eigenvalue weighted by Gasteiger charge is 2.06. The number of ether oxygens (including phenoxy) is 1. The summed E-state index contributed by atoms with van der Waals surface area (Å²) in [6.07, 6.45) is 2.27. The molecule has 1 amide bonds. The van der Waals surface area contributed by atoms with Crippen LogP contribution in [0.1, 0.15) is 33.1 Å². The molecule has 1 N–H and O–H groups in total. The van der Waals surface area contributed by atoms with Crippen LogP contribution in [0.2, 0.25) is 0 Å². The van der Waals surface area contributed by atoms with Crippen molar-refractivity contribution in [1.29, 1.82) is 0 Å². The summed E-state index contributed by atoms with van der Waals surface area (Å²) in [5.74, 6) is -0.338. The SMILES string of the molecule is CCCCC(=O)Nc1ccc(OCC)c(F)c1. The molecule has 0 aliphatic heterocycles. The highest BCUT2D eigenvalue weighted by Crippen LogP contribution is 2.21. The Balaban J connectivity index is 2.60. The molecule has 1 aromatic rings. The Bertz CT molecular complexity index is 380. The third kappa shape index (κ3) is 4.43. The topological polar surface area (TPSA) is 38.3 Å². The first-order valence-corrected chi connectivity index (χ1v) is 5.89. The van der Waals surface area contributed by atoms with E-state index in [1.807, 2.05) is 6.92 Å². The highest BCUT2D eigenvalue weighted by atomic mass is 19.1. The molecule has 0 saturated heterocycles. The van der Waals surface area contributed by atoms with E-state index in [9.17, 15) is 9.18 Å². The van der Waals surface area contributed by atoms with Crippen molar-refractivity contribution in [3.63, 3.8) is 0 Å². The van der Waals surface area contributed by atoms with Gasteiger partial charge in [0.1, 0.15) is 0 Å². The second-order valence-corrected chi connectivity index (χ2v) is 3.73. The summed E-state index contributed by atoms with van der Waals surface area (Å²) >= 11 is 0. The number of nitrogens with one attached hydrogen (secondary N) is 1. The molecule has 1 aromatic carbocycles. The van der Waals surface area contributed by atoms with Crippen LogP contribution in [0.15, 0.2) is 18.2 Å². The lowest BCUT2D eigenvalue weighted by atomic mass is 10.2. The Morgan fingerprint density at radius 2 is 2.18 bits per heavy atom. The summed E-state index contributed by atoms with van der Waals surface area (Å²) in [5.41, 5.74) is 0.465. The van der Waals surface area contributed by atoms with Crippen LogP contribution in [0, 0.1) is 5.82 Å². The van der Waals surface area contributed by atoms with Gasteiger partial charge in [-0.25, -0.2) is 4.39 Å². The van der Waals surface area contributed by atoms with Gasteiger partial charge in [-0.2, -0.15) is 0 Å². The second-order valence-electron chi connectivity index (χ2n) is 3.73. The lowest BCUT2D eigenvalue weighted by molar-refractivity contribution is -0.116. The first kappa shape index (κ1) is 13.5. The van der Waals surface area contributed by atoms with Crippen LogP contribution >= 0.6 is 0 Å². The van der Waals surface area contributed by atoms with E-state index in [4.69, 9.17) is 4.74 Å². The highest BCUT2D eigenvalue weighted by molar-refractivity contribution is 5.90. The summed E-state index contributed by atoms with van der Waals surface area (Å²) in [6, 6.07) is 4.43. The predicted octanol–water partition coefficient (Wildman–Crippen LogP) is 3.35. The number of benzene rings is 1. The van der Waals surface area contributed by atoms with Crippen LogP contribution in [0.3, 0.4) is 0 Å². The quantitative estimate of drug-likeness (QED) is 0.826. The van der Waals surface area contributed by atoms with E-state index in [0.29, 0.717) is 18.7 Å². The summed E-state index contributed by atoms with van der Waals surface area (Å²) in [4.78, 5) is 11.4. The Morgan fingerprint density at radius 1 is 1.41 bits per heavy atom. The van der Waals surface area contributed by atoms with Gasteiger partial charge in [-0.15, -0.1) is 0 Å². The van der Waals surface area contributed by atoms with Crippen LogP contribution in [-0.4, -0.2) is 12.5 Å².